The zero-order valence-corrected chi connectivity index (χ0v) is 9.11. The van der Waals surface area contributed by atoms with Crippen molar-refractivity contribution in [3.05, 3.63) is 29.3 Å². The van der Waals surface area contributed by atoms with E-state index in [4.69, 9.17) is 11.6 Å². The van der Waals surface area contributed by atoms with Crippen LogP contribution in [0.5, 0.6) is 0 Å². The van der Waals surface area contributed by atoms with Gasteiger partial charge in [0, 0.05) is 18.1 Å². The lowest BCUT2D eigenvalue weighted by Gasteiger charge is -2.07. The lowest BCUT2D eigenvalue weighted by Crippen LogP contribution is -2.02. The maximum absolute atomic E-state index is 5.62. The minimum Gasteiger partial charge on any atom is -0.385 e. The summed E-state index contributed by atoms with van der Waals surface area (Å²) >= 11 is 5.62. The van der Waals surface area contributed by atoms with Crippen LogP contribution in [-0.4, -0.2) is 12.4 Å². The van der Waals surface area contributed by atoms with E-state index in [1.807, 2.05) is 0 Å². The van der Waals surface area contributed by atoms with Gasteiger partial charge < -0.3 is 5.32 Å². The number of halogens is 1. The summed E-state index contributed by atoms with van der Waals surface area (Å²) in [5, 5.41) is 3.39. The molecule has 1 aromatic rings. The standard InChI is InChI=1S/C12H16ClN/c13-7-2-8-14-12-6-5-10-3-1-4-11(10)9-12/h5-6,9,14H,1-4,7-8H2. The summed E-state index contributed by atoms with van der Waals surface area (Å²) in [4.78, 5) is 0. The third kappa shape index (κ3) is 2.21. The number of hydrogen-bond acceptors (Lipinski definition) is 1. The molecule has 1 nitrogen and oxygen atoms in total. The summed E-state index contributed by atoms with van der Waals surface area (Å²) < 4.78 is 0. The molecule has 0 spiro atoms. The van der Waals surface area contributed by atoms with Crippen LogP contribution in [0.3, 0.4) is 0 Å². The Morgan fingerprint density at radius 2 is 2.07 bits per heavy atom. The molecule has 0 saturated carbocycles. The van der Waals surface area contributed by atoms with E-state index in [1.54, 1.807) is 0 Å². The Morgan fingerprint density at radius 1 is 1.21 bits per heavy atom. The molecule has 0 aliphatic heterocycles. The summed E-state index contributed by atoms with van der Waals surface area (Å²) in [6.45, 7) is 0.974. The van der Waals surface area contributed by atoms with Crippen LogP contribution in [0.2, 0.25) is 0 Å². The molecule has 0 atom stereocenters. The monoisotopic (exact) mass is 209 g/mol. The summed E-state index contributed by atoms with van der Waals surface area (Å²) in [5.74, 6) is 0.734. The van der Waals surface area contributed by atoms with Gasteiger partial charge in [-0.05, 0) is 48.9 Å². The summed E-state index contributed by atoms with van der Waals surface area (Å²) in [6.07, 6.45) is 4.86. The Balaban J connectivity index is 1.98. The van der Waals surface area contributed by atoms with Crippen molar-refractivity contribution >= 4 is 17.3 Å². The summed E-state index contributed by atoms with van der Waals surface area (Å²) in [7, 11) is 0. The minimum atomic E-state index is 0.734. The second kappa shape index (κ2) is 4.70. The molecule has 0 unspecified atom stereocenters. The van der Waals surface area contributed by atoms with Crippen molar-refractivity contribution in [1.29, 1.82) is 0 Å². The van der Waals surface area contributed by atoms with Crippen molar-refractivity contribution < 1.29 is 0 Å². The molecule has 0 heterocycles. The Hall–Kier alpha value is -0.690. The molecule has 2 heteroatoms. The van der Waals surface area contributed by atoms with Gasteiger partial charge in [0.1, 0.15) is 0 Å². The molecule has 1 aliphatic rings. The van der Waals surface area contributed by atoms with E-state index < -0.39 is 0 Å². The zero-order valence-electron chi connectivity index (χ0n) is 8.35. The molecular formula is C12H16ClN. The first-order valence-corrected chi connectivity index (χ1v) is 5.85. The molecule has 0 saturated heterocycles. The molecule has 0 radical (unpaired) electrons. The van der Waals surface area contributed by atoms with Gasteiger partial charge in [-0.15, -0.1) is 11.6 Å². The fraction of sp³-hybridized carbons (Fsp3) is 0.500. The van der Waals surface area contributed by atoms with Crippen LogP contribution in [0.25, 0.3) is 0 Å². The van der Waals surface area contributed by atoms with Crippen molar-refractivity contribution in [2.75, 3.05) is 17.7 Å². The molecule has 1 aromatic carbocycles. The quantitative estimate of drug-likeness (QED) is 0.593. The van der Waals surface area contributed by atoms with Crippen molar-refractivity contribution in [2.45, 2.75) is 25.7 Å². The largest absolute Gasteiger partial charge is 0.385 e. The molecule has 14 heavy (non-hydrogen) atoms. The van der Waals surface area contributed by atoms with Crippen LogP contribution in [-0.2, 0) is 12.8 Å². The van der Waals surface area contributed by atoms with Crippen LogP contribution >= 0.6 is 11.6 Å². The Bertz CT molecular complexity index is 309. The number of hydrogen-bond donors (Lipinski definition) is 1. The number of benzene rings is 1. The number of alkyl halides is 1. The molecule has 0 fully saturated rings. The van der Waals surface area contributed by atoms with E-state index in [2.05, 4.69) is 23.5 Å². The van der Waals surface area contributed by atoms with E-state index in [9.17, 15) is 0 Å². The first-order valence-electron chi connectivity index (χ1n) is 5.32. The van der Waals surface area contributed by atoms with Gasteiger partial charge in [-0.1, -0.05) is 6.07 Å². The Kier molecular flexibility index (Phi) is 3.30. The minimum absolute atomic E-state index is 0.734. The average molecular weight is 210 g/mol. The van der Waals surface area contributed by atoms with E-state index in [1.165, 1.54) is 36.1 Å². The van der Waals surface area contributed by atoms with Gasteiger partial charge in [0.2, 0.25) is 0 Å². The lowest BCUT2D eigenvalue weighted by molar-refractivity contribution is 0.911. The Morgan fingerprint density at radius 3 is 2.93 bits per heavy atom. The molecule has 0 aromatic heterocycles. The maximum Gasteiger partial charge on any atom is 0.0343 e. The predicted octanol–water partition coefficient (Wildman–Crippen LogP) is 3.22. The first-order chi connectivity index (χ1) is 6.90. The Labute approximate surface area is 90.5 Å². The lowest BCUT2D eigenvalue weighted by atomic mass is 10.1. The van der Waals surface area contributed by atoms with Crippen LogP contribution < -0.4 is 5.32 Å². The summed E-state index contributed by atoms with van der Waals surface area (Å²) in [5.41, 5.74) is 4.31. The van der Waals surface area contributed by atoms with Gasteiger partial charge in [-0.2, -0.15) is 0 Å². The molecule has 76 valence electrons. The highest BCUT2D eigenvalue weighted by Gasteiger charge is 2.10. The number of rotatable bonds is 4. The van der Waals surface area contributed by atoms with Crippen LogP contribution in [0.4, 0.5) is 5.69 Å². The molecular weight excluding hydrogens is 194 g/mol. The number of anilines is 1. The van der Waals surface area contributed by atoms with Gasteiger partial charge in [-0.3, -0.25) is 0 Å². The van der Waals surface area contributed by atoms with E-state index in [0.717, 1.165) is 18.8 Å². The highest BCUT2D eigenvalue weighted by Crippen LogP contribution is 2.24. The SMILES string of the molecule is ClCCCNc1ccc2c(c1)CCC2. The van der Waals surface area contributed by atoms with Crippen molar-refractivity contribution in [3.8, 4) is 0 Å². The average Bonchev–Trinajstić information content (AvgIpc) is 2.65. The van der Waals surface area contributed by atoms with Crippen LogP contribution in [0, 0.1) is 0 Å². The third-order valence-electron chi connectivity index (χ3n) is 2.74. The van der Waals surface area contributed by atoms with E-state index >= 15 is 0 Å². The van der Waals surface area contributed by atoms with Gasteiger partial charge >= 0.3 is 0 Å². The molecule has 1 aliphatic carbocycles. The second-order valence-electron chi connectivity index (χ2n) is 3.81. The van der Waals surface area contributed by atoms with Crippen molar-refractivity contribution in [1.82, 2.24) is 0 Å². The highest BCUT2D eigenvalue weighted by molar-refractivity contribution is 6.17. The number of nitrogens with one attached hydrogen (secondary N) is 1. The van der Waals surface area contributed by atoms with Gasteiger partial charge in [0.15, 0.2) is 0 Å². The van der Waals surface area contributed by atoms with Gasteiger partial charge in [0.25, 0.3) is 0 Å². The molecule has 1 N–H and O–H groups in total. The molecule has 0 amide bonds. The number of fused-ring (bicyclic) bond motifs is 1. The molecule has 2 rings (SSSR count). The normalized spacial score (nSPS) is 14.1. The van der Waals surface area contributed by atoms with E-state index in [-0.39, 0.29) is 0 Å². The second-order valence-corrected chi connectivity index (χ2v) is 4.18. The van der Waals surface area contributed by atoms with Crippen LogP contribution in [0.15, 0.2) is 18.2 Å². The van der Waals surface area contributed by atoms with Gasteiger partial charge in [0.05, 0.1) is 0 Å². The predicted molar refractivity (Wildman–Crippen MR) is 62.3 cm³/mol. The summed E-state index contributed by atoms with van der Waals surface area (Å²) in [6, 6.07) is 6.72. The third-order valence-corrected chi connectivity index (χ3v) is 3.01. The van der Waals surface area contributed by atoms with Crippen LogP contribution in [0.1, 0.15) is 24.0 Å². The van der Waals surface area contributed by atoms with Crippen molar-refractivity contribution in [3.63, 3.8) is 0 Å². The first kappa shape index (κ1) is 9.85. The maximum atomic E-state index is 5.62. The topological polar surface area (TPSA) is 12.0 Å². The fourth-order valence-electron chi connectivity index (χ4n) is 1.98. The highest BCUT2D eigenvalue weighted by atomic mass is 35.5. The smallest absolute Gasteiger partial charge is 0.0343 e. The fourth-order valence-corrected chi connectivity index (χ4v) is 2.11. The van der Waals surface area contributed by atoms with Crippen molar-refractivity contribution in [2.24, 2.45) is 0 Å². The number of aryl methyl sites for hydroxylation is 2. The molecule has 0 bridgehead atoms. The zero-order chi connectivity index (χ0) is 9.80. The van der Waals surface area contributed by atoms with E-state index in [0.29, 0.717) is 0 Å². The van der Waals surface area contributed by atoms with Gasteiger partial charge in [-0.25, -0.2) is 0 Å².